The van der Waals surface area contributed by atoms with E-state index in [2.05, 4.69) is 27.9 Å². The molecular formula is C20H24F2N4O2S. The number of benzene rings is 1. The van der Waals surface area contributed by atoms with E-state index in [1.165, 1.54) is 0 Å². The maximum Gasteiger partial charge on any atom is 0.408 e. The largest absolute Gasteiger partial charge is 0.465 e. The smallest absolute Gasteiger partial charge is 0.408 e. The molecule has 1 amide bonds. The number of hydrogen-bond acceptors (Lipinski definition) is 5. The van der Waals surface area contributed by atoms with Crippen molar-refractivity contribution in [3.63, 3.8) is 0 Å². The first-order valence-electron chi connectivity index (χ1n) is 9.54. The maximum absolute atomic E-state index is 14.2. The second kappa shape index (κ2) is 9.49. The molecule has 9 heteroatoms. The average Bonchev–Trinajstić information content (AvgIpc) is 3.11. The van der Waals surface area contributed by atoms with Gasteiger partial charge in [0, 0.05) is 35.8 Å². The van der Waals surface area contributed by atoms with Crippen molar-refractivity contribution in [3.05, 3.63) is 59.2 Å². The normalized spacial score (nSPS) is 19.9. The van der Waals surface area contributed by atoms with Gasteiger partial charge in [-0.1, -0.05) is 13.3 Å². The fourth-order valence-corrected chi connectivity index (χ4v) is 3.93. The standard InChI is InChI=1S/C20H24F2N4O2S/c1-2-3-12-8-24-19(25-9-12)18(17-7-15(29)10-23-17)26(20(27)28)11-13-6-14(21)4-5-16(13)22/h4-6,8-9,15,17-18,23,29H,2-3,7,10-11H2,1H3,(H,27,28). The summed E-state index contributed by atoms with van der Waals surface area (Å²) < 4.78 is 27.8. The molecule has 1 aromatic heterocycles. The quantitative estimate of drug-likeness (QED) is 0.595. The lowest BCUT2D eigenvalue weighted by atomic mass is 10.0. The Morgan fingerprint density at radius 1 is 1.38 bits per heavy atom. The van der Waals surface area contributed by atoms with Gasteiger partial charge in [-0.15, -0.1) is 0 Å². The van der Waals surface area contributed by atoms with Gasteiger partial charge < -0.3 is 10.4 Å². The summed E-state index contributed by atoms with van der Waals surface area (Å²) in [5.74, 6) is -0.969. The molecule has 3 rings (SSSR count). The summed E-state index contributed by atoms with van der Waals surface area (Å²) in [4.78, 5) is 22.0. The zero-order valence-electron chi connectivity index (χ0n) is 16.1. The molecule has 29 heavy (non-hydrogen) atoms. The van der Waals surface area contributed by atoms with Gasteiger partial charge in [-0.25, -0.2) is 23.5 Å². The average molecular weight is 423 g/mol. The highest BCUT2D eigenvalue weighted by atomic mass is 32.1. The first-order chi connectivity index (χ1) is 13.9. The van der Waals surface area contributed by atoms with Crippen LogP contribution in [-0.4, -0.2) is 43.9 Å². The van der Waals surface area contributed by atoms with Crippen LogP contribution in [0, 0.1) is 11.6 Å². The molecule has 0 saturated carbocycles. The minimum Gasteiger partial charge on any atom is -0.465 e. The minimum atomic E-state index is -1.26. The molecule has 156 valence electrons. The Balaban J connectivity index is 1.97. The Labute approximate surface area is 173 Å². The summed E-state index contributed by atoms with van der Waals surface area (Å²) in [6.45, 7) is 2.34. The Hall–Kier alpha value is -2.26. The zero-order valence-corrected chi connectivity index (χ0v) is 16.9. The van der Waals surface area contributed by atoms with E-state index in [4.69, 9.17) is 0 Å². The van der Waals surface area contributed by atoms with Crippen LogP contribution in [0.3, 0.4) is 0 Å². The number of thiol groups is 1. The Bertz CT molecular complexity index is 853. The van der Waals surface area contributed by atoms with Gasteiger partial charge in [-0.2, -0.15) is 12.6 Å². The maximum atomic E-state index is 14.2. The first kappa shape index (κ1) is 21.4. The van der Waals surface area contributed by atoms with Crippen LogP contribution in [0.25, 0.3) is 0 Å². The van der Waals surface area contributed by atoms with Gasteiger partial charge in [-0.05, 0) is 36.6 Å². The lowest BCUT2D eigenvalue weighted by Gasteiger charge is -2.33. The molecule has 1 aliphatic rings. The molecule has 0 bridgehead atoms. The third-order valence-electron chi connectivity index (χ3n) is 4.98. The van der Waals surface area contributed by atoms with Crippen molar-refractivity contribution in [2.24, 2.45) is 0 Å². The van der Waals surface area contributed by atoms with Gasteiger partial charge in [0.2, 0.25) is 0 Å². The zero-order chi connectivity index (χ0) is 21.0. The van der Waals surface area contributed by atoms with Gasteiger partial charge in [0.05, 0.1) is 6.54 Å². The highest BCUT2D eigenvalue weighted by Gasteiger charge is 2.38. The number of nitrogens with zero attached hydrogens (tertiary/aromatic N) is 3. The van der Waals surface area contributed by atoms with Crippen LogP contribution in [0.4, 0.5) is 13.6 Å². The van der Waals surface area contributed by atoms with E-state index in [-0.39, 0.29) is 23.4 Å². The van der Waals surface area contributed by atoms with Crippen LogP contribution in [0.15, 0.2) is 30.6 Å². The van der Waals surface area contributed by atoms with Gasteiger partial charge in [0.1, 0.15) is 17.7 Å². The minimum absolute atomic E-state index is 0.0413. The van der Waals surface area contributed by atoms with Crippen molar-refractivity contribution in [2.75, 3.05) is 6.54 Å². The highest BCUT2D eigenvalue weighted by molar-refractivity contribution is 7.81. The molecule has 0 spiro atoms. The fraction of sp³-hybridized carbons (Fsp3) is 0.450. The third-order valence-corrected chi connectivity index (χ3v) is 5.37. The van der Waals surface area contributed by atoms with Crippen LogP contribution in [-0.2, 0) is 13.0 Å². The number of hydrogen-bond donors (Lipinski definition) is 3. The molecule has 1 aliphatic heterocycles. The van der Waals surface area contributed by atoms with E-state index in [1.807, 2.05) is 6.92 Å². The Morgan fingerprint density at radius 2 is 2.10 bits per heavy atom. The summed E-state index contributed by atoms with van der Waals surface area (Å²) in [7, 11) is 0. The number of aromatic nitrogens is 2. The topological polar surface area (TPSA) is 78.4 Å². The summed E-state index contributed by atoms with van der Waals surface area (Å²) >= 11 is 4.47. The fourth-order valence-electron chi connectivity index (χ4n) is 3.59. The van der Waals surface area contributed by atoms with E-state index in [1.54, 1.807) is 12.4 Å². The number of carbonyl (C=O) groups is 1. The summed E-state index contributed by atoms with van der Waals surface area (Å²) in [6.07, 6.45) is 4.48. The number of halogens is 2. The molecular weight excluding hydrogens is 398 g/mol. The van der Waals surface area contributed by atoms with Crippen molar-refractivity contribution in [1.82, 2.24) is 20.2 Å². The van der Waals surface area contributed by atoms with Crippen molar-refractivity contribution in [3.8, 4) is 0 Å². The SMILES string of the molecule is CCCc1cnc(C(C2CC(S)CN2)N(Cc2cc(F)ccc2F)C(=O)O)nc1. The summed E-state index contributed by atoms with van der Waals surface area (Å²) in [5.41, 5.74) is 0.917. The lowest BCUT2D eigenvalue weighted by molar-refractivity contribution is 0.105. The number of aryl methyl sites for hydroxylation is 1. The molecule has 2 heterocycles. The molecule has 6 nitrogen and oxygen atoms in total. The number of amides is 1. The van der Waals surface area contributed by atoms with Crippen LogP contribution >= 0.6 is 12.6 Å². The molecule has 1 saturated heterocycles. The molecule has 2 aromatic rings. The molecule has 3 atom stereocenters. The molecule has 1 fully saturated rings. The Morgan fingerprint density at radius 3 is 2.69 bits per heavy atom. The van der Waals surface area contributed by atoms with Crippen molar-refractivity contribution >= 4 is 18.7 Å². The van der Waals surface area contributed by atoms with E-state index >= 15 is 0 Å². The Kier molecular flexibility index (Phi) is 7.02. The number of nitrogens with one attached hydrogen (secondary N) is 1. The molecule has 1 aromatic carbocycles. The monoisotopic (exact) mass is 422 g/mol. The van der Waals surface area contributed by atoms with E-state index in [0.29, 0.717) is 18.8 Å². The number of rotatable bonds is 7. The lowest BCUT2D eigenvalue weighted by Crippen LogP contribution is -2.44. The number of carboxylic acid groups (broad SMARTS) is 1. The molecule has 0 aliphatic carbocycles. The van der Waals surface area contributed by atoms with Crippen LogP contribution in [0.5, 0.6) is 0 Å². The van der Waals surface area contributed by atoms with Crippen molar-refractivity contribution in [2.45, 2.75) is 50.1 Å². The summed E-state index contributed by atoms with van der Waals surface area (Å²) in [5, 5.41) is 13.2. The second-order valence-corrected chi connectivity index (χ2v) is 7.93. The molecule has 0 radical (unpaired) electrons. The van der Waals surface area contributed by atoms with Gasteiger partial charge >= 0.3 is 6.09 Å². The predicted molar refractivity (Wildman–Crippen MR) is 108 cm³/mol. The highest BCUT2D eigenvalue weighted by Crippen LogP contribution is 2.30. The van der Waals surface area contributed by atoms with Crippen LogP contribution in [0.1, 0.15) is 42.8 Å². The molecule has 2 N–H and O–H groups in total. The van der Waals surface area contributed by atoms with Crippen molar-refractivity contribution in [1.29, 1.82) is 0 Å². The van der Waals surface area contributed by atoms with Crippen LogP contribution in [0.2, 0.25) is 0 Å². The second-order valence-electron chi connectivity index (χ2n) is 7.19. The van der Waals surface area contributed by atoms with E-state index in [9.17, 15) is 18.7 Å². The van der Waals surface area contributed by atoms with Crippen LogP contribution < -0.4 is 5.32 Å². The van der Waals surface area contributed by atoms with Gasteiger partial charge in [0.15, 0.2) is 5.82 Å². The third kappa shape index (κ3) is 5.22. The van der Waals surface area contributed by atoms with Crippen molar-refractivity contribution < 1.29 is 18.7 Å². The molecule has 3 unspecified atom stereocenters. The van der Waals surface area contributed by atoms with E-state index in [0.717, 1.165) is 41.5 Å². The predicted octanol–water partition coefficient (Wildman–Crippen LogP) is 3.59. The summed E-state index contributed by atoms with van der Waals surface area (Å²) in [6, 6.07) is 1.95. The van der Waals surface area contributed by atoms with Gasteiger partial charge in [-0.3, -0.25) is 4.90 Å². The van der Waals surface area contributed by atoms with Gasteiger partial charge in [0.25, 0.3) is 0 Å². The first-order valence-corrected chi connectivity index (χ1v) is 10.1. The van der Waals surface area contributed by atoms with E-state index < -0.39 is 23.8 Å².